The lowest BCUT2D eigenvalue weighted by atomic mass is 9.89. The third kappa shape index (κ3) is 3.69. The molecule has 0 aliphatic carbocycles. The minimum atomic E-state index is -3.32. The van der Waals surface area contributed by atoms with Crippen LogP contribution >= 0.6 is 0 Å². The smallest absolute Gasteiger partial charge is 0.279 e. The Bertz CT molecular complexity index is 315. The largest absolute Gasteiger partial charge is 0.314 e. The highest BCUT2D eigenvalue weighted by Crippen LogP contribution is 2.19. The normalized spacial score (nSPS) is 22.0. The summed E-state index contributed by atoms with van der Waals surface area (Å²) in [7, 11) is -3.32. The van der Waals surface area contributed by atoms with Crippen LogP contribution in [0.2, 0.25) is 0 Å². The average Bonchev–Trinajstić information content (AvgIpc) is 2.17. The second kappa shape index (κ2) is 5.00. The Kier molecular flexibility index (Phi) is 4.34. The van der Waals surface area contributed by atoms with Gasteiger partial charge in [-0.15, -0.1) is 0 Å². The maximum absolute atomic E-state index is 12.0. The number of hydrogen-bond acceptors (Lipinski definition) is 3. The summed E-state index contributed by atoms with van der Waals surface area (Å²) in [6, 6.07) is -0.0765. The molecule has 0 amide bonds. The molecule has 16 heavy (non-hydrogen) atoms. The Morgan fingerprint density at radius 3 is 2.19 bits per heavy atom. The Morgan fingerprint density at radius 1 is 1.25 bits per heavy atom. The first-order valence-corrected chi connectivity index (χ1v) is 7.15. The van der Waals surface area contributed by atoms with E-state index >= 15 is 0 Å². The first-order valence-electron chi connectivity index (χ1n) is 5.71. The van der Waals surface area contributed by atoms with Gasteiger partial charge in [0.25, 0.3) is 10.2 Å². The summed E-state index contributed by atoms with van der Waals surface area (Å²) in [5.74, 6) is 0. The quantitative estimate of drug-likeness (QED) is 0.749. The monoisotopic (exact) mass is 249 g/mol. The van der Waals surface area contributed by atoms with Crippen LogP contribution in [0.25, 0.3) is 0 Å². The molecule has 0 spiro atoms. The fourth-order valence-electron chi connectivity index (χ4n) is 1.36. The second-order valence-electron chi connectivity index (χ2n) is 5.36. The molecule has 0 aromatic rings. The van der Waals surface area contributed by atoms with E-state index in [2.05, 4.69) is 10.0 Å². The predicted octanol–water partition coefficient (Wildman–Crippen LogP) is 0.161. The van der Waals surface area contributed by atoms with Crippen molar-refractivity contribution >= 4 is 10.2 Å². The second-order valence-corrected chi connectivity index (χ2v) is 7.06. The molecule has 0 aromatic heterocycles. The maximum atomic E-state index is 12.0. The van der Waals surface area contributed by atoms with Crippen molar-refractivity contribution < 1.29 is 8.42 Å². The molecule has 0 bridgehead atoms. The van der Waals surface area contributed by atoms with Crippen LogP contribution in [0, 0.1) is 5.41 Å². The molecule has 96 valence electrons. The summed E-state index contributed by atoms with van der Waals surface area (Å²) in [5, 5.41) is 3.14. The highest BCUT2D eigenvalue weighted by Gasteiger charge is 2.29. The van der Waals surface area contributed by atoms with E-state index in [4.69, 9.17) is 0 Å². The van der Waals surface area contributed by atoms with Crippen LogP contribution in [0.15, 0.2) is 0 Å². The first-order chi connectivity index (χ1) is 7.23. The van der Waals surface area contributed by atoms with Gasteiger partial charge in [-0.1, -0.05) is 20.8 Å². The van der Waals surface area contributed by atoms with E-state index in [1.165, 1.54) is 4.31 Å². The van der Waals surface area contributed by atoms with Crippen molar-refractivity contribution in [3.05, 3.63) is 0 Å². The lowest BCUT2D eigenvalue weighted by Crippen LogP contribution is -2.53. The molecule has 1 aliphatic heterocycles. The maximum Gasteiger partial charge on any atom is 0.279 e. The average molecular weight is 249 g/mol. The standard InChI is InChI=1S/C10H23N3O2S/c1-9(10(2,3)4)12-16(14,15)13-7-5-11-6-8-13/h9,11-12H,5-8H2,1-4H3. The van der Waals surface area contributed by atoms with Crippen LogP contribution in [0.4, 0.5) is 0 Å². The van der Waals surface area contributed by atoms with Gasteiger partial charge in [0.15, 0.2) is 0 Å². The molecule has 1 unspecified atom stereocenters. The third-order valence-corrected chi connectivity index (χ3v) is 4.74. The van der Waals surface area contributed by atoms with E-state index in [-0.39, 0.29) is 11.5 Å². The van der Waals surface area contributed by atoms with E-state index in [0.29, 0.717) is 13.1 Å². The Labute approximate surface area is 98.8 Å². The zero-order valence-electron chi connectivity index (χ0n) is 10.6. The summed E-state index contributed by atoms with van der Waals surface area (Å²) >= 11 is 0. The Hall–Kier alpha value is -0.170. The molecule has 1 fully saturated rings. The lowest BCUT2D eigenvalue weighted by molar-refractivity contribution is 0.300. The summed E-state index contributed by atoms with van der Waals surface area (Å²) < 4.78 is 28.3. The van der Waals surface area contributed by atoms with Crippen LogP contribution in [0.1, 0.15) is 27.7 Å². The van der Waals surface area contributed by atoms with Crippen molar-refractivity contribution in [3.8, 4) is 0 Å². The van der Waals surface area contributed by atoms with Crippen LogP contribution in [-0.4, -0.2) is 44.9 Å². The van der Waals surface area contributed by atoms with Crippen molar-refractivity contribution in [2.45, 2.75) is 33.7 Å². The molecule has 0 aromatic carbocycles. The molecule has 5 nitrogen and oxygen atoms in total. The first kappa shape index (κ1) is 13.9. The van der Waals surface area contributed by atoms with Gasteiger partial charge in [0.1, 0.15) is 0 Å². The molecular weight excluding hydrogens is 226 g/mol. The molecule has 1 aliphatic rings. The Morgan fingerprint density at radius 2 is 1.75 bits per heavy atom. The molecule has 1 atom stereocenters. The number of hydrogen-bond donors (Lipinski definition) is 2. The van der Waals surface area contributed by atoms with Gasteiger partial charge in [0.2, 0.25) is 0 Å². The summed E-state index contributed by atoms with van der Waals surface area (Å²) in [4.78, 5) is 0. The van der Waals surface area contributed by atoms with Gasteiger partial charge in [-0.05, 0) is 12.3 Å². The van der Waals surface area contributed by atoms with E-state index < -0.39 is 10.2 Å². The van der Waals surface area contributed by atoms with Crippen LogP contribution < -0.4 is 10.0 Å². The van der Waals surface area contributed by atoms with Crippen molar-refractivity contribution in [3.63, 3.8) is 0 Å². The minimum absolute atomic E-state index is 0.0683. The van der Waals surface area contributed by atoms with E-state index in [9.17, 15) is 8.42 Å². The van der Waals surface area contributed by atoms with Gasteiger partial charge < -0.3 is 5.32 Å². The highest BCUT2D eigenvalue weighted by atomic mass is 32.2. The number of piperazine rings is 1. The highest BCUT2D eigenvalue weighted by molar-refractivity contribution is 7.87. The van der Waals surface area contributed by atoms with Crippen molar-refractivity contribution in [1.29, 1.82) is 0 Å². The molecule has 1 saturated heterocycles. The van der Waals surface area contributed by atoms with Gasteiger partial charge in [0.05, 0.1) is 0 Å². The molecule has 2 N–H and O–H groups in total. The van der Waals surface area contributed by atoms with Gasteiger partial charge in [0, 0.05) is 32.2 Å². The zero-order valence-corrected chi connectivity index (χ0v) is 11.4. The SMILES string of the molecule is CC(NS(=O)(=O)N1CCNCC1)C(C)(C)C. The predicted molar refractivity (Wildman–Crippen MR) is 65.4 cm³/mol. The molecular formula is C10H23N3O2S. The van der Waals surface area contributed by atoms with Gasteiger partial charge in [-0.25, -0.2) is 0 Å². The zero-order chi connectivity index (χ0) is 12.4. The molecule has 6 heteroatoms. The van der Waals surface area contributed by atoms with E-state index in [1.807, 2.05) is 27.7 Å². The lowest BCUT2D eigenvalue weighted by Gasteiger charge is -2.32. The molecule has 1 rings (SSSR count). The summed E-state index contributed by atoms with van der Waals surface area (Å²) in [6.45, 7) is 10.5. The van der Waals surface area contributed by atoms with E-state index in [0.717, 1.165) is 13.1 Å². The Balaban J connectivity index is 2.64. The topological polar surface area (TPSA) is 61.4 Å². The van der Waals surface area contributed by atoms with Gasteiger partial charge in [-0.3, -0.25) is 0 Å². The molecule has 1 heterocycles. The van der Waals surface area contributed by atoms with Crippen LogP contribution in [0.3, 0.4) is 0 Å². The molecule has 0 saturated carbocycles. The number of nitrogens with one attached hydrogen (secondary N) is 2. The molecule has 0 radical (unpaired) electrons. The van der Waals surface area contributed by atoms with E-state index in [1.54, 1.807) is 0 Å². The fraction of sp³-hybridized carbons (Fsp3) is 1.00. The van der Waals surface area contributed by atoms with Crippen LogP contribution in [-0.2, 0) is 10.2 Å². The fourth-order valence-corrected chi connectivity index (χ4v) is 2.97. The number of nitrogens with zero attached hydrogens (tertiary/aromatic N) is 1. The summed E-state index contributed by atoms with van der Waals surface area (Å²) in [5.41, 5.74) is -0.0683. The minimum Gasteiger partial charge on any atom is -0.314 e. The van der Waals surface area contributed by atoms with Gasteiger partial charge >= 0.3 is 0 Å². The van der Waals surface area contributed by atoms with Crippen molar-refractivity contribution in [1.82, 2.24) is 14.3 Å². The van der Waals surface area contributed by atoms with Crippen molar-refractivity contribution in [2.75, 3.05) is 26.2 Å². The number of rotatable bonds is 3. The van der Waals surface area contributed by atoms with Crippen LogP contribution in [0.5, 0.6) is 0 Å². The van der Waals surface area contributed by atoms with Crippen molar-refractivity contribution in [2.24, 2.45) is 5.41 Å². The summed E-state index contributed by atoms with van der Waals surface area (Å²) in [6.07, 6.45) is 0. The van der Waals surface area contributed by atoms with Gasteiger partial charge in [-0.2, -0.15) is 17.4 Å². The third-order valence-electron chi connectivity index (χ3n) is 3.04.